The number of sulfonamides is 1. The van der Waals surface area contributed by atoms with Gasteiger partial charge in [0.2, 0.25) is 10.0 Å². The molecule has 9 heteroatoms. The lowest BCUT2D eigenvalue weighted by Gasteiger charge is -2.36. The van der Waals surface area contributed by atoms with Crippen molar-refractivity contribution in [2.45, 2.75) is 51.0 Å². The molecule has 4 unspecified atom stereocenters. The van der Waals surface area contributed by atoms with Crippen molar-refractivity contribution in [3.63, 3.8) is 0 Å². The molecule has 0 spiro atoms. The summed E-state index contributed by atoms with van der Waals surface area (Å²) in [5.74, 6) is 0. The second kappa shape index (κ2) is 8.88. The van der Waals surface area contributed by atoms with Crippen molar-refractivity contribution in [2.24, 2.45) is 0 Å². The first kappa shape index (κ1) is 19.7. The molecule has 20 heavy (non-hydrogen) atoms. The Labute approximate surface area is 119 Å². The van der Waals surface area contributed by atoms with E-state index in [4.69, 9.17) is 14.6 Å². The summed E-state index contributed by atoms with van der Waals surface area (Å²) in [5.41, 5.74) is 0. The average Bonchev–Trinajstić information content (AvgIpc) is 2.32. The topological polar surface area (TPSA) is 125 Å². The normalized spacial score (nSPS) is 30.8. The summed E-state index contributed by atoms with van der Waals surface area (Å²) in [5, 5.41) is 27.7. The number of ether oxygens (including phenoxy) is 2. The molecule has 0 bridgehead atoms. The van der Waals surface area contributed by atoms with Crippen LogP contribution in [0, 0.1) is 0 Å². The van der Waals surface area contributed by atoms with Crippen molar-refractivity contribution in [2.75, 3.05) is 19.9 Å². The quantitative estimate of drug-likeness (QED) is 0.492. The van der Waals surface area contributed by atoms with Gasteiger partial charge in [0.15, 0.2) is 6.29 Å². The third-order valence-corrected chi connectivity index (χ3v) is 3.25. The molecule has 4 atom stereocenters. The second-order valence-electron chi connectivity index (χ2n) is 4.74. The fourth-order valence-electron chi connectivity index (χ4n) is 1.46. The highest BCUT2D eigenvalue weighted by Gasteiger charge is 2.36. The van der Waals surface area contributed by atoms with E-state index in [1.165, 1.54) is 7.05 Å². The Balaban J connectivity index is 0.000000511. The van der Waals surface area contributed by atoms with Gasteiger partial charge in [0, 0.05) is 6.42 Å². The molecule has 122 valence electrons. The lowest BCUT2D eigenvalue weighted by Crippen LogP contribution is -2.50. The van der Waals surface area contributed by atoms with E-state index >= 15 is 0 Å². The van der Waals surface area contributed by atoms with Crippen LogP contribution in [0.4, 0.5) is 0 Å². The molecule has 0 radical (unpaired) electrons. The summed E-state index contributed by atoms with van der Waals surface area (Å²) >= 11 is 0. The number of aliphatic hydroxyl groups excluding tert-OH is 3. The average molecular weight is 315 g/mol. The molecule has 1 aliphatic heterocycles. The molecule has 1 fully saturated rings. The number of hydrogen-bond acceptors (Lipinski definition) is 7. The molecule has 8 nitrogen and oxygen atoms in total. The van der Waals surface area contributed by atoms with E-state index in [0.29, 0.717) is 0 Å². The minimum atomic E-state index is -2.91. The lowest BCUT2D eigenvalue weighted by molar-refractivity contribution is -0.265. The molecule has 4 N–H and O–H groups in total. The van der Waals surface area contributed by atoms with Crippen LogP contribution in [0.15, 0.2) is 0 Å². The Hall–Kier alpha value is -0.290. The summed E-state index contributed by atoms with van der Waals surface area (Å²) in [6, 6.07) is 0. The van der Waals surface area contributed by atoms with Crippen LogP contribution in [0.25, 0.3) is 0 Å². The molecule has 0 aromatic rings. The van der Waals surface area contributed by atoms with E-state index < -0.39 is 34.6 Å². The van der Waals surface area contributed by atoms with Gasteiger partial charge in [-0.25, -0.2) is 13.1 Å². The summed E-state index contributed by atoms with van der Waals surface area (Å²) < 4.78 is 32.4. The number of aliphatic hydroxyl groups is 3. The van der Waals surface area contributed by atoms with Gasteiger partial charge in [-0.15, -0.1) is 0 Å². The van der Waals surface area contributed by atoms with Crippen LogP contribution in [0.5, 0.6) is 0 Å². The van der Waals surface area contributed by atoms with Crippen LogP contribution >= 0.6 is 0 Å². The van der Waals surface area contributed by atoms with E-state index in [-0.39, 0.29) is 19.1 Å². The Bertz CT molecular complexity index is 360. The molecule has 0 aliphatic carbocycles. The summed E-state index contributed by atoms with van der Waals surface area (Å²) in [6.07, 6.45) is -1.92. The van der Waals surface area contributed by atoms with Gasteiger partial charge in [-0.05, 0) is 20.9 Å². The van der Waals surface area contributed by atoms with Gasteiger partial charge in [-0.3, -0.25) is 0 Å². The highest BCUT2D eigenvalue weighted by molar-refractivity contribution is 7.88. The van der Waals surface area contributed by atoms with Gasteiger partial charge in [0.05, 0.1) is 25.1 Å². The molecule has 1 saturated heterocycles. The molecule has 1 rings (SSSR count). The number of nitrogens with one attached hydrogen (secondary N) is 1. The number of hydrogen-bond donors (Lipinski definition) is 4. The van der Waals surface area contributed by atoms with Crippen molar-refractivity contribution < 1.29 is 33.2 Å². The van der Waals surface area contributed by atoms with E-state index in [0.717, 1.165) is 6.26 Å². The standard InChI is InChI=1S/C9H18O5.C2H7NO2S/c1-5(2)13-8-3-6(11)9(12)7(4-10)14-8;1-3-6(2,4)5/h5-12H,3-4H2,1-2H3;3H,1-2H3. The molecular formula is C11H25NO7S. The van der Waals surface area contributed by atoms with Crippen LogP contribution in [0.2, 0.25) is 0 Å². The van der Waals surface area contributed by atoms with Crippen LogP contribution in [0.3, 0.4) is 0 Å². The van der Waals surface area contributed by atoms with Gasteiger partial charge in [-0.1, -0.05) is 0 Å². The van der Waals surface area contributed by atoms with Crippen molar-refractivity contribution in [3.05, 3.63) is 0 Å². The number of rotatable bonds is 4. The highest BCUT2D eigenvalue weighted by atomic mass is 32.2. The largest absolute Gasteiger partial charge is 0.394 e. The molecule has 0 aromatic carbocycles. The summed E-state index contributed by atoms with van der Waals surface area (Å²) in [4.78, 5) is 0. The second-order valence-corrected chi connectivity index (χ2v) is 6.69. The Morgan fingerprint density at radius 1 is 1.40 bits per heavy atom. The van der Waals surface area contributed by atoms with Crippen molar-refractivity contribution in [3.8, 4) is 0 Å². The summed E-state index contributed by atoms with van der Waals surface area (Å²) in [6.45, 7) is 3.39. The zero-order chi connectivity index (χ0) is 15.9. The smallest absolute Gasteiger partial charge is 0.208 e. The monoisotopic (exact) mass is 315 g/mol. The van der Waals surface area contributed by atoms with Crippen molar-refractivity contribution >= 4 is 10.0 Å². The van der Waals surface area contributed by atoms with E-state index in [2.05, 4.69) is 4.72 Å². The Kier molecular flexibility index (Phi) is 8.75. The fraction of sp³-hybridized carbons (Fsp3) is 1.00. The molecule has 1 heterocycles. The lowest BCUT2D eigenvalue weighted by atomic mass is 10.0. The highest BCUT2D eigenvalue weighted by Crippen LogP contribution is 2.21. The summed E-state index contributed by atoms with van der Waals surface area (Å²) in [7, 11) is -1.54. The third-order valence-electron chi connectivity index (χ3n) is 2.51. The van der Waals surface area contributed by atoms with E-state index in [1.54, 1.807) is 0 Å². The van der Waals surface area contributed by atoms with Crippen molar-refractivity contribution in [1.82, 2.24) is 4.72 Å². The molecule has 1 aliphatic rings. The Morgan fingerprint density at radius 3 is 2.25 bits per heavy atom. The maximum Gasteiger partial charge on any atom is 0.208 e. The van der Waals surface area contributed by atoms with Crippen LogP contribution < -0.4 is 4.72 Å². The first-order chi connectivity index (χ1) is 9.10. The zero-order valence-corrected chi connectivity index (χ0v) is 13.0. The first-order valence-electron chi connectivity index (χ1n) is 6.27. The van der Waals surface area contributed by atoms with Crippen LogP contribution in [-0.4, -0.2) is 74.4 Å². The van der Waals surface area contributed by atoms with Crippen LogP contribution in [-0.2, 0) is 19.5 Å². The van der Waals surface area contributed by atoms with Crippen LogP contribution in [0.1, 0.15) is 20.3 Å². The first-order valence-corrected chi connectivity index (χ1v) is 8.16. The maximum absolute atomic E-state index is 9.89. The minimum Gasteiger partial charge on any atom is -0.394 e. The van der Waals surface area contributed by atoms with E-state index in [1.807, 2.05) is 13.8 Å². The predicted molar refractivity (Wildman–Crippen MR) is 72.5 cm³/mol. The van der Waals surface area contributed by atoms with Gasteiger partial charge in [0.25, 0.3) is 0 Å². The van der Waals surface area contributed by atoms with Gasteiger partial charge >= 0.3 is 0 Å². The van der Waals surface area contributed by atoms with Gasteiger partial charge < -0.3 is 24.8 Å². The van der Waals surface area contributed by atoms with Crippen molar-refractivity contribution in [1.29, 1.82) is 0 Å². The zero-order valence-electron chi connectivity index (χ0n) is 12.2. The third kappa shape index (κ3) is 8.10. The minimum absolute atomic E-state index is 0.0122. The molecular weight excluding hydrogens is 290 g/mol. The van der Waals surface area contributed by atoms with Gasteiger partial charge in [-0.2, -0.15) is 0 Å². The maximum atomic E-state index is 9.89. The predicted octanol–water partition coefficient (Wildman–Crippen LogP) is -1.59. The Morgan fingerprint density at radius 2 is 1.90 bits per heavy atom. The fourth-order valence-corrected chi connectivity index (χ4v) is 1.46. The molecule has 0 saturated carbocycles. The molecule has 0 amide bonds. The molecule has 0 aromatic heterocycles. The van der Waals surface area contributed by atoms with Gasteiger partial charge in [0.1, 0.15) is 12.2 Å². The SMILES string of the molecule is CC(C)OC1CC(O)C(O)C(CO)O1.CNS(C)(=O)=O. The van der Waals surface area contributed by atoms with E-state index in [9.17, 15) is 18.6 Å².